The van der Waals surface area contributed by atoms with Crippen molar-refractivity contribution in [3.8, 4) is 11.1 Å². The SMILES string of the molecule is Cc1ccc(-c2c(C)c(C(F)(F)F)n(Cc3ccccc3)c2C(=O)N(C)CC(C)(C)CN(C)CCN2CCCC2)cc1. The first-order chi connectivity index (χ1) is 19.8. The lowest BCUT2D eigenvalue weighted by Gasteiger charge is -2.35. The van der Waals surface area contributed by atoms with Crippen LogP contribution in [0, 0.1) is 19.3 Å². The zero-order valence-electron chi connectivity index (χ0n) is 25.9. The largest absolute Gasteiger partial charge is 0.431 e. The highest BCUT2D eigenvalue weighted by molar-refractivity contribution is 6.01. The van der Waals surface area contributed by atoms with E-state index in [2.05, 4.69) is 30.7 Å². The number of amides is 1. The van der Waals surface area contributed by atoms with Gasteiger partial charge in [-0.15, -0.1) is 0 Å². The number of aryl methyl sites for hydroxylation is 1. The lowest BCUT2D eigenvalue weighted by atomic mass is 9.91. The van der Waals surface area contributed by atoms with Gasteiger partial charge in [0.05, 0.1) is 0 Å². The topological polar surface area (TPSA) is 31.7 Å². The summed E-state index contributed by atoms with van der Waals surface area (Å²) in [4.78, 5) is 20.7. The number of rotatable bonds is 11. The fraction of sp³-hybridized carbons (Fsp3) is 0.500. The third-order valence-electron chi connectivity index (χ3n) is 8.21. The molecule has 42 heavy (non-hydrogen) atoms. The van der Waals surface area contributed by atoms with Crippen molar-refractivity contribution in [2.45, 2.75) is 53.3 Å². The number of halogens is 3. The number of aromatic nitrogens is 1. The Hall–Kier alpha value is -3.10. The van der Waals surface area contributed by atoms with Gasteiger partial charge in [-0.25, -0.2) is 0 Å². The summed E-state index contributed by atoms with van der Waals surface area (Å²) in [7, 11) is 3.80. The molecule has 228 valence electrons. The highest BCUT2D eigenvalue weighted by Crippen LogP contribution is 2.42. The number of likely N-dealkylation sites (N-methyl/N-ethyl adjacent to an activating group) is 1. The van der Waals surface area contributed by atoms with Gasteiger partial charge >= 0.3 is 6.18 Å². The minimum Gasteiger partial charge on any atom is -0.340 e. The van der Waals surface area contributed by atoms with E-state index in [1.807, 2.05) is 25.1 Å². The molecule has 1 saturated heterocycles. The van der Waals surface area contributed by atoms with Crippen LogP contribution in [-0.2, 0) is 12.7 Å². The second kappa shape index (κ2) is 13.0. The molecule has 2 heterocycles. The average molecular weight is 583 g/mol. The molecule has 0 bridgehead atoms. The fourth-order valence-corrected chi connectivity index (χ4v) is 6.40. The number of benzene rings is 2. The lowest BCUT2D eigenvalue weighted by molar-refractivity contribution is -0.143. The van der Waals surface area contributed by atoms with E-state index >= 15 is 0 Å². The van der Waals surface area contributed by atoms with Crippen LogP contribution in [0.3, 0.4) is 0 Å². The van der Waals surface area contributed by atoms with Crippen LogP contribution in [0.2, 0.25) is 0 Å². The molecule has 4 rings (SSSR count). The molecule has 0 aliphatic carbocycles. The van der Waals surface area contributed by atoms with Crippen molar-refractivity contribution in [3.05, 3.63) is 82.7 Å². The van der Waals surface area contributed by atoms with Crippen LogP contribution in [0.5, 0.6) is 0 Å². The zero-order valence-corrected chi connectivity index (χ0v) is 25.9. The molecule has 1 amide bonds. The van der Waals surface area contributed by atoms with Crippen molar-refractivity contribution < 1.29 is 18.0 Å². The minimum atomic E-state index is -4.63. The monoisotopic (exact) mass is 582 g/mol. The Morgan fingerprint density at radius 3 is 2.12 bits per heavy atom. The summed E-state index contributed by atoms with van der Waals surface area (Å²) in [6.07, 6.45) is -2.12. The van der Waals surface area contributed by atoms with Gasteiger partial charge in [0, 0.05) is 45.3 Å². The third-order valence-corrected chi connectivity index (χ3v) is 8.21. The molecule has 1 aliphatic heterocycles. The van der Waals surface area contributed by atoms with E-state index in [-0.39, 0.29) is 23.2 Å². The van der Waals surface area contributed by atoms with E-state index in [1.165, 1.54) is 24.3 Å². The Morgan fingerprint density at radius 1 is 0.905 bits per heavy atom. The molecule has 1 fully saturated rings. The van der Waals surface area contributed by atoms with E-state index < -0.39 is 17.8 Å². The number of likely N-dealkylation sites (tertiary alicyclic amines) is 1. The summed E-state index contributed by atoms with van der Waals surface area (Å²) in [6.45, 7) is 13.0. The summed E-state index contributed by atoms with van der Waals surface area (Å²) in [6, 6.07) is 16.4. The van der Waals surface area contributed by atoms with Crippen molar-refractivity contribution in [2.75, 3.05) is 53.4 Å². The van der Waals surface area contributed by atoms with Crippen LogP contribution < -0.4 is 0 Å². The zero-order chi connectivity index (χ0) is 30.7. The molecule has 3 aromatic rings. The summed E-state index contributed by atoms with van der Waals surface area (Å²) in [5, 5.41) is 0. The second-order valence-electron chi connectivity index (χ2n) is 12.7. The molecule has 0 radical (unpaired) electrons. The first kappa shape index (κ1) is 31.8. The quantitative estimate of drug-likeness (QED) is 0.245. The summed E-state index contributed by atoms with van der Waals surface area (Å²) in [5.74, 6) is -0.409. The predicted molar refractivity (Wildman–Crippen MR) is 164 cm³/mol. The molecule has 8 heteroatoms. The molecule has 0 saturated carbocycles. The van der Waals surface area contributed by atoms with Crippen molar-refractivity contribution in [3.63, 3.8) is 0 Å². The van der Waals surface area contributed by atoms with E-state index in [1.54, 1.807) is 48.3 Å². The maximum Gasteiger partial charge on any atom is 0.431 e. The Morgan fingerprint density at radius 2 is 1.52 bits per heavy atom. The summed E-state index contributed by atoms with van der Waals surface area (Å²) >= 11 is 0. The van der Waals surface area contributed by atoms with E-state index in [0.717, 1.165) is 38.3 Å². The van der Waals surface area contributed by atoms with Gasteiger partial charge in [-0.1, -0.05) is 74.0 Å². The van der Waals surface area contributed by atoms with Crippen molar-refractivity contribution in [1.29, 1.82) is 0 Å². The van der Waals surface area contributed by atoms with E-state index in [4.69, 9.17) is 0 Å². The number of alkyl halides is 3. The number of hydrogen-bond acceptors (Lipinski definition) is 3. The number of carbonyl (C=O) groups is 1. The molecular weight excluding hydrogens is 537 g/mol. The third kappa shape index (κ3) is 7.64. The van der Waals surface area contributed by atoms with Crippen LogP contribution in [0.15, 0.2) is 54.6 Å². The highest BCUT2D eigenvalue weighted by Gasteiger charge is 2.42. The van der Waals surface area contributed by atoms with Gasteiger partial charge in [0.15, 0.2) is 0 Å². The number of hydrogen-bond donors (Lipinski definition) is 0. The summed E-state index contributed by atoms with van der Waals surface area (Å²) in [5.41, 5.74) is 1.74. The summed E-state index contributed by atoms with van der Waals surface area (Å²) < 4.78 is 45.3. The van der Waals surface area contributed by atoms with Crippen molar-refractivity contribution in [1.82, 2.24) is 19.3 Å². The number of carbonyl (C=O) groups excluding carboxylic acids is 1. The van der Waals surface area contributed by atoms with Crippen LogP contribution >= 0.6 is 0 Å². The molecular formula is C34H45F3N4O. The Kier molecular flexibility index (Phi) is 9.88. The molecule has 1 aliphatic rings. The molecule has 0 atom stereocenters. The fourth-order valence-electron chi connectivity index (χ4n) is 6.40. The highest BCUT2D eigenvalue weighted by atomic mass is 19.4. The molecule has 2 aromatic carbocycles. The van der Waals surface area contributed by atoms with Crippen LogP contribution in [0.25, 0.3) is 11.1 Å². The maximum absolute atomic E-state index is 14.7. The van der Waals surface area contributed by atoms with Gasteiger partial charge in [-0.05, 0) is 68.9 Å². The Bertz CT molecular complexity index is 1340. The van der Waals surface area contributed by atoms with E-state index in [0.29, 0.717) is 23.2 Å². The smallest absolute Gasteiger partial charge is 0.340 e. The van der Waals surface area contributed by atoms with Gasteiger partial charge < -0.3 is 19.3 Å². The number of nitrogens with zero attached hydrogens (tertiary/aromatic N) is 4. The van der Waals surface area contributed by atoms with Crippen LogP contribution in [0.4, 0.5) is 13.2 Å². The Balaban J connectivity index is 1.69. The standard InChI is InChI=1S/C34H45F3N4O/c1-25-14-16-28(17-15-25)29-26(2)31(34(35,36)37)41(22-27-12-8-7-9-13-27)30(29)32(42)39(6)24-33(3,4)23-38(5)20-21-40-18-10-11-19-40/h7-9,12-17H,10-11,18-24H2,1-6H3. The first-order valence-corrected chi connectivity index (χ1v) is 14.8. The van der Waals surface area contributed by atoms with Gasteiger partial charge in [0.2, 0.25) is 0 Å². The lowest BCUT2D eigenvalue weighted by Crippen LogP contribution is -2.44. The molecule has 0 unspecified atom stereocenters. The van der Waals surface area contributed by atoms with Crippen molar-refractivity contribution >= 4 is 5.91 Å². The minimum absolute atomic E-state index is 0.0556. The average Bonchev–Trinajstić information content (AvgIpc) is 3.53. The van der Waals surface area contributed by atoms with Gasteiger partial charge in [-0.3, -0.25) is 4.79 Å². The molecule has 0 N–H and O–H groups in total. The Labute approximate surface area is 248 Å². The first-order valence-electron chi connectivity index (χ1n) is 14.8. The van der Waals surface area contributed by atoms with Crippen LogP contribution in [-0.4, -0.2) is 78.5 Å². The normalized spacial score (nSPS) is 14.6. The van der Waals surface area contributed by atoms with Gasteiger partial charge in [0.25, 0.3) is 5.91 Å². The predicted octanol–water partition coefficient (Wildman–Crippen LogP) is 6.96. The second-order valence-corrected chi connectivity index (χ2v) is 12.7. The van der Waals surface area contributed by atoms with Crippen LogP contribution in [0.1, 0.15) is 59.6 Å². The molecule has 1 aromatic heterocycles. The molecule has 0 spiro atoms. The molecule has 5 nitrogen and oxygen atoms in total. The van der Waals surface area contributed by atoms with Gasteiger partial charge in [-0.2, -0.15) is 13.2 Å². The maximum atomic E-state index is 14.7. The van der Waals surface area contributed by atoms with Crippen molar-refractivity contribution in [2.24, 2.45) is 5.41 Å². The van der Waals surface area contributed by atoms with E-state index in [9.17, 15) is 18.0 Å². The van der Waals surface area contributed by atoms with Gasteiger partial charge in [0.1, 0.15) is 11.4 Å².